The second-order valence-corrected chi connectivity index (χ2v) is 8.73. The average Bonchev–Trinajstić information content (AvgIpc) is 3.48. The van der Waals surface area contributed by atoms with E-state index in [0.29, 0.717) is 11.4 Å². The monoisotopic (exact) mass is 496 g/mol. The highest BCUT2D eigenvalue weighted by molar-refractivity contribution is 6.30. The fourth-order valence-electron chi connectivity index (χ4n) is 4.09. The van der Waals surface area contributed by atoms with E-state index >= 15 is 0 Å². The number of hydrogen-bond donors (Lipinski definition) is 0. The van der Waals surface area contributed by atoms with Crippen LogP contribution in [0.2, 0.25) is 5.02 Å². The molecule has 1 aliphatic rings. The molecule has 0 saturated heterocycles. The van der Waals surface area contributed by atoms with Crippen LogP contribution in [0.25, 0.3) is 0 Å². The molecular weight excluding hydrogens is 471 g/mol. The maximum Gasteiger partial charge on any atom is 0.262 e. The van der Waals surface area contributed by atoms with Crippen molar-refractivity contribution < 1.29 is 18.7 Å². The van der Waals surface area contributed by atoms with E-state index in [1.165, 1.54) is 35.2 Å². The minimum absolute atomic E-state index is 0.164. The van der Waals surface area contributed by atoms with E-state index in [0.717, 1.165) is 23.0 Å². The summed E-state index contributed by atoms with van der Waals surface area (Å²) >= 11 is 6.07. The molecule has 2 aromatic carbocycles. The molecule has 182 valence electrons. The molecule has 1 atom stereocenters. The van der Waals surface area contributed by atoms with Crippen molar-refractivity contribution in [3.63, 3.8) is 0 Å². The normalized spacial score (nSPS) is 15.3. The van der Waals surface area contributed by atoms with E-state index in [1.54, 1.807) is 12.1 Å². The van der Waals surface area contributed by atoms with Gasteiger partial charge in [0.25, 0.3) is 11.8 Å². The van der Waals surface area contributed by atoms with Crippen molar-refractivity contribution in [3.8, 4) is 0 Å². The van der Waals surface area contributed by atoms with Gasteiger partial charge >= 0.3 is 0 Å². The van der Waals surface area contributed by atoms with Crippen LogP contribution in [0.15, 0.2) is 72.0 Å². The summed E-state index contributed by atoms with van der Waals surface area (Å²) in [7, 11) is 3.43. The Morgan fingerprint density at radius 1 is 1.17 bits per heavy atom. The van der Waals surface area contributed by atoms with Crippen LogP contribution in [0.4, 0.5) is 4.39 Å². The van der Waals surface area contributed by atoms with Crippen LogP contribution in [-0.2, 0) is 16.6 Å². The molecule has 0 saturated carbocycles. The van der Waals surface area contributed by atoms with Gasteiger partial charge in [-0.1, -0.05) is 29.8 Å². The van der Waals surface area contributed by atoms with Gasteiger partial charge in [0.05, 0.1) is 24.1 Å². The number of carbonyl (C=O) groups is 2. The molecule has 0 radical (unpaired) electrons. The van der Waals surface area contributed by atoms with Gasteiger partial charge in [-0.2, -0.15) is 5.10 Å². The maximum atomic E-state index is 13.7. The van der Waals surface area contributed by atoms with Crippen molar-refractivity contribution in [1.82, 2.24) is 14.5 Å². The van der Waals surface area contributed by atoms with E-state index < -0.39 is 11.7 Å². The summed E-state index contributed by atoms with van der Waals surface area (Å²) in [4.78, 5) is 28.0. The smallest absolute Gasteiger partial charge is 0.262 e. The van der Waals surface area contributed by atoms with E-state index in [9.17, 15) is 14.0 Å². The maximum absolute atomic E-state index is 13.7. The van der Waals surface area contributed by atoms with Gasteiger partial charge in [-0.3, -0.25) is 9.59 Å². The molecule has 0 fully saturated rings. The lowest BCUT2D eigenvalue weighted by atomic mass is 10.0. The average molecular weight is 497 g/mol. The molecule has 1 aromatic heterocycles. The Balaban J connectivity index is 1.62. The van der Waals surface area contributed by atoms with Gasteiger partial charge < -0.3 is 14.2 Å². The van der Waals surface area contributed by atoms with E-state index in [4.69, 9.17) is 16.3 Å². The fraction of sp³-hybridized carbons (Fsp3) is 0.269. The molecule has 0 aliphatic carbocycles. The quantitative estimate of drug-likeness (QED) is 0.467. The van der Waals surface area contributed by atoms with Crippen molar-refractivity contribution in [2.24, 2.45) is 12.1 Å². The Hall–Kier alpha value is -3.49. The third-order valence-corrected chi connectivity index (χ3v) is 6.16. The minimum atomic E-state index is -0.520. The van der Waals surface area contributed by atoms with Crippen molar-refractivity contribution in [1.29, 1.82) is 0 Å². The van der Waals surface area contributed by atoms with Crippen LogP contribution in [0.5, 0.6) is 0 Å². The van der Waals surface area contributed by atoms with Crippen molar-refractivity contribution >= 4 is 29.1 Å². The first-order chi connectivity index (χ1) is 16.9. The molecule has 1 unspecified atom stereocenters. The predicted molar refractivity (Wildman–Crippen MR) is 132 cm³/mol. The van der Waals surface area contributed by atoms with E-state index in [-0.39, 0.29) is 37.2 Å². The first-order valence-electron chi connectivity index (χ1n) is 11.2. The van der Waals surface area contributed by atoms with E-state index in [2.05, 4.69) is 5.10 Å². The fourth-order valence-corrected chi connectivity index (χ4v) is 4.22. The number of nitrogens with zero attached hydrogens (tertiary/aromatic N) is 4. The number of amides is 2. The molecule has 35 heavy (non-hydrogen) atoms. The van der Waals surface area contributed by atoms with Gasteiger partial charge in [0, 0.05) is 43.9 Å². The third-order valence-electron chi connectivity index (χ3n) is 5.91. The Morgan fingerprint density at radius 3 is 2.60 bits per heavy atom. The highest BCUT2D eigenvalue weighted by Gasteiger charge is 2.35. The van der Waals surface area contributed by atoms with Crippen LogP contribution in [-0.4, -0.2) is 58.8 Å². The van der Waals surface area contributed by atoms with Gasteiger partial charge in [-0.05, 0) is 48.0 Å². The Bertz CT molecular complexity index is 1240. The summed E-state index contributed by atoms with van der Waals surface area (Å²) in [6.07, 6.45) is 2.44. The number of hydrogen-bond acceptors (Lipinski definition) is 4. The lowest BCUT2D eigenvalue weighted by molar-refractivity contribution is -0.133. The molecule has 1 aliphatic heterocycles. The number of ether oxygens (including phenoxy) is 1. The summed E-state index contributed by atoms with van der Waals surface area (Å²) < 4.78 is 20.8. The summed E-state index contributed by atoms with van der Waals surface area (Å²) in [6.45, 7) is 0.172. The molecular formula is C26H26ClFN4O3. The van der Waals surface area contributed by atoms with E-state index in [1.807, 2.05) is 42.1 Å². The molecule has 3 aromatic rings. The van der Waals surface area contributed by atoms with Crippen molar-refractivity contribution in [2.45, 2.75) is 12.5 Å². The highest BCUT2D eigenvalue weighted by atomic mass is 35.5. The SMILES string of the molecule is COCCN(CC(=O)N1N=C(c2cccn2C)CC1c1ccc(Cl)cc1)C(=O)c1cccc(F)c1. The zero-order chi connectivity index (χ0) is 24.9. The summed E-state index contributed by atoms with van der Waals surface area (Å²) in [5.74, 6) is -1.33. The largest absolute Gasteiger partial charge is 0.383 e. The number of hydrazone groups is 1. The zero-order valence-corrected chi connectivity index (χ0v) is 20.3. The second-order valence-electron chi connectivity index (χ2n) is 8.29. The van der Waals surface area contributed by atoms with Gasteiger partial charge in [0.1, 0.15) is 12.4 Å². The van der Waals surface area contributed by atoms with Crippen LogP contribution in [0.3, 0.4) is 0 Å². The Kier molecular flexibility index (Phi) is 7.63. The molecule has 4 rings (SSSR count). The summed E-state index contributed by atoms with van der Waals surface area (Å²) in [5.41, 5.74) is 2.73. The standard InChI is InChI=1S/C26H26ClFN4O3/c1-30-12-4-7-23(30)22-16-24(18-8-10-20(27)11-9-18)32(29-22)25(33)17-31(13-14-35-2)26(34)19-5-3-6-21(28)15-19/h3-12,15,24H,13-14,16-17H2,1-2H3. The number of halogens is 2. The van der Waals surface area contributed by atoms with Crippen LogP contribution < -0.4 is 0 Å². The minimum Gasteiger partial charge on any atom is -0.383 e. The number of methoxy groups -OCH3 is 1. The van der Waals surface area contributed by atoms with Gasteiger partial charge in [-0.25, -0.2) is 9.40 Å². The number of aryl methyl sites for hydroxylation is 1. The topological polar surface area (TPSA) is 67.1 Å². The Morgan fingerprint density at radius 2 is 1.94 bits per heavy atom. The van der Waals surface area contributed by atoms with Crippen LogP contribution >= 0.6 is 11.6 Å². The third kappa shape index (κ3) is 5.61. The lowest BCUT2D eigenvalue weighted by Crippen LogP contribution is -2.42. The summed E-state index contributed by atoms with van der Waals surface area (Å²) in [5, 5.41) is 6.70. The van der Waals surface area contributed by atoms with Crippen LogP contribution in [0, 0.1) is 5.82 Å². The lowest BCUT2D eigenvalue weighted by Gasteiger charge is -2.27. The first kappa shape index (κ1) is 24.6. The molecule has 0 N–H and O–H groups in total. The number of rotatable bonds is 8. The molecule has 7 nitrogen and oxygen atoms in total. The first-order valence-corrected chi connectivity index (χ1v) is 11.6. The molecule has 0 spiro atoms. The molecule has 2 amide bonds. The Labute approximate surface area is 208 Å². The second kappa shape index (κ2) is 10.8. The molecule has 2 heterocycles. The number of carbonyl (C=O) groups excluding carboxylic acids is 2. The van der Waals surface area contributed by atoms with Crippen LogP contribution in [0.1, 0.15) is 34.1 Å². The highest BCUT2D eigenvalue weighted by Crippen LogP contribution is 2.33. The van der Waals surface area contributed by atoms with Crippen molar-refractivity contribution in [3.05, 3.63) is 94.5 Å². The zero-order valence-electron chi connectivity index (χ0n) is 19.5. The summed E-state index contributed by atoms with van der Waals surface area (Å²) in [6, 6.07) is 16.2. The molecule has 9 heteroatoms. The number of benzene rings is 2. The van der Waals surface area contributed by atoms with Crippen molar-refractivity contribution in [2.75, 3.05) is 26.8 Å². The number of aromatic nitrogens is 1. The van der Waals surface area contributed by atoms with Gasteiger partial charge in [0.2, 0.25) is 0 Å². The predicted octanol–water partition coefficient (Wildman–Crippen LogP) is 4.28. The molecule has 0 bridgehead atoms. The van der Waals surface area contributed by atoms with Gasteiger partial charge in [0.15, 0.2) is 0 Å². The van der Waals surface area contributed by atoms with Gasteiger partial charge in [-0.15, -0.1) is 0 Å².